The fraction of sp³-hybridized carbons (Fsp3) is 0.500. The van der Waals surface area contributed by atoms with Gasteiger partial charge in [0.15, 0.2) is 5.78 Å². The van der Waals surface area contributed by atoms with Gasteiger partial charge in [0.2, 0.25) is 0 Å². The Hall–Kier alpha value is -1.71. The van der Waals surface area contributed by atoms with Gasteiger partial charge < -0.3 is 14.6 Å². The summed E-state index contributed by atoms with van der Waals surface area (Å²) in [6, 6.07) is 1.65. The van der Waals surface area contributed by atoms with E-state index in [2.05, 4.69) is 6.92 Å². The second kappa shape index (κ2) is 6.28. The Morgan fingerprint density at radius 2 is 1.89 bits per heavy atom. The highest BCUT2D eigenvalue weighted by Gasteiger charge is 2.21. The van der Waals surface area contributed by atoms with Crippen molar-refractivity contribution in [1.29, 1.82) is 0 Å². The molecule has 0 aliphatic rings. The second-order valence-corrected chi connectivity index (χ2v) is 4.14. The van der Waals surface area contributed by atoms with Gasteiger partial charge in [-0.15, -0.1) is 0 Å². The predicted molar refractivity (Wildman–Crippen MR) is 69.8 cm³/mol. The van der Waals surface area contributed by atoms with E-state index in [1.54, 1.807) is 6.07 Å². The average molecular weight is 252 g/mol. The molecular weight excluding hydrogens is 232 g/mol. The molecule has 0 radical (unpaired) electrons. The van der Waals surface area contributed by atoms with E-state index in [0.717, 1.165) is 12.8 Å². The zero-order valence-corrected chi connectivity index (χ0v) is 11.4. The van der Waals surface area contributed by atoms with Crippen molar-refractivity contribution < 1.29 is 19.4 Å². The lowest BCUT2D eigenvalue weighted by atomic mass is 9.99. The van der Waals surface area contributed by atoms with Gasteiger partial charge >= 0.3 is 0 Å². The molecule has 0 fully saturated rings. The molecule has 0 saturated heterocycles. The van der Waals surface area contributed by atoms with E-state index in [4.69, 9.17) is 9.47 Å². The van der Waals surface area contributed by atoms with Crippen LogP contribution in [0, 0.1) is 0 Å². The van der Waals surface area contributed by atoms with Crippen LogP contribution < -0.4 is 9.47 Å². The number of phenolic OH excluding ortho intramolecular Hbond substituents is 1. The van der Waals surface area contributed by atoms with Crippen LogP contribution in [0.3, 0.4) is 0 Å². The number of carbonyl (C=O) groups excluding carboxylic acids is 1. The standard InChI is InChI=1S/C14H20O4/c1-5-6-7-10-11(17-3)8-12(18-4)13(9(2)15)14(10)16/h8,16H,5-7H2,1-4H3. The molecule has 1 aromatic rings. The Morgan fingerprint density at radius 3 is 2.33 bits per heavy atom. The fourth-order valence-electron chi connectivity index (χ4n) is 1.94. The molecule has 0 atom stereocenters. The van der Waals surface area contributed by atoms with Gasteiger partial charge in [-0.05, 0) is 19.8 Å². The van der Waals surface area contributed by atoms with E-state index in [0.29, 0.717) is 23.5 Å². The zero-order valence-electron chi connectivity index (χ0n) is 11.4. The normalized spacial score (nSPS) is 10.2. The number of hydrogen-bond acceptors (Lipinski definition) is 4. The van der Waals surface area contributed by atoms with Crippen LogP contribution in [0.15, 0.2) is 6.07 Å². The van der Waals surface area contributed by atoms with Crippen molar-refractivity contribution in [2.24, 2.45) is 0 Å². The van der Waals surface area contributed by atoms with E-state index >= 15 is 0 Å². The van der Waals surface area contributed by atoms with Crippen molar-refractivity contribution >= 4 is 5.78 Å². The maximum Gasteiger partial charge on any atom is 0.167 e. The number of ether oxygens (including phenoxy) is 2. The van der Waals surface area contributed by atoms with Crippen molar-refractivity contribution in [3.63, 3.8) is 0 Å². The van der Waals surface area contributed by atoms with Crippen LogP contribution in [-0.4, -0.2) is 25.1 Å². The Labute approximate surface area is 108 Å². The Kier molecular flexibility index (Phi) is 5.01. The third-order valence-corrected chi connectivity index (χ3v) is 2.90. The maximum absolute atomic E-state index is 11.6. The first-order valence-electron chi connectivity index (χ1n) is 6.04. The van der Waals surface area contributed by atoms with Crippen molar-refractivity contribution in [1.82, 2.24) is 0 Å². The van der Waals surface area contributed by atoms with E-state index in [1.807, 2.05) is 0 Å². The third-order valence-electron chi connectivity index (χ3n) is 2.90. The molecule has 0 heterocycles. The lowest BCUT2D eigenvalue weighted by molar-refractivity contribution is 0.101. The molecule has 0 spiro atoms. The highest BCUT2D eigenvalue weighted by Crippen LogP contribution is 2.39. The molecule has 4 nitrogen and oxygen atoms in total. The number of carbonyl (C=O) groups is 1. The molecule has 0 aliphatic carbocycles. The summed E-state index contributed by atoms with van der Waals surface area (Å²) in [5, 5.41) is 10.2. The largest absolute Gasteiger partial charge is 0.507 e. The van der Waals surface area contributed by atoms with Crippen LogP contribution in [0.2, 0.25) is 0 Å². The molecule has 1 rings (SSSR count). The molecule has 0 amide bonds. The summed E-state index contributed by atoms with van der Waals surface area (Å²) in [6.45, 7) is 3.48. The van der Waals surface area contributed by atoms with Crippen LogP contribution in [0.4, 0.5) is 0 Å². The molecule has 100 valence electrons. The molecule has 1 aromatic carbocycles. The second-order valence-electron chi connectivity index (χ2n) is 4.14. The monoisotopic (exact) mass is 252 g/mol. The van der Waals surface area contributed by atoms with Crippen LogP contribution in [0.1, 0.15) is 42.6 Å². The topological polar surface area (TPSA) is 55.8 Å². The Bertz CT molecular complexity index is 438. The molecule has 0 aliphatic heterocycles. The van der Waals surface area contributed by atoms with Gasteiger partial charge in [-0.3, -0.25) is 4.79 Å². The maximum atomic E-state index is 11.6. The van der Waals surface area contributed by atoms with E-state index in [-0.39, 0.29) is 17.1 Å². The number of hydrogen-bond donors (Lipinski definition) is 1. The number of benzene rings is 1. The minimum Gasteiger partial charge on any atom is -0.507 e. The summed E-state index contributed by atoms with van der Waals surface area (Å²) in [7, 11) is 3.00. The number of methoxy groups -OCH3 is 2. The summed E-state index contributed by atoms with van der Waals surface area (Å²) in [5.74, 6) is 0.664. The fourth-order valence-corrected chi connectivity index (χ4v) is 1.94. The van der Waals surface area contributed by atoms with Gasteiger partial charge in [0, 0.05) is 11.6 Å². The first-order chi connectivity index (χ1) is 8.56. The highest BCUT2D eigenvalue weighted by atomic mass is 16.5. The predicted octanol–water partition coefficient (Wildman–Crippen LogP) is 2.95. The van der Waals surface area contributed by atoms with Crippen molar-refractivity contribution in [3.05, 3.63) is 17.2 Å². The van der Waals surface area contributed by atoms with Gasteiger partial charge in [0.1, 0.15) is 22.8 Å². The van der Waals surface area contributed by atoms with E-state index in [9.17, 15) is 9.90 Å². The molecule has 18 heavy (non-hydrogen) atoms. The van der Waals surface area contributed by atoms with Crippen LogP contribution in [-0.2, 0) is 6.42 Å². The third kappa shape index (κ3) is 2.75. The summed E-state index contributed by atoms with van der Waals surface area (Å²) in [5.41, 5.74) is 0.898. The molecule has 4 heteroatoms. The number of aromatic hydroxyl groups is 1. The lowest BCUT2D eigenvalue weighted by Gasteiger charge is -2.16. The molecule has 0 unspecified atom stereocenters. The Morgan fingerprint density at radius 1 is 1.28 bits per heavy atom. The molecule has 0 bridgehead atoms. The number of phenols is 1. The summed E-state index contributed by atoms with van der Waals surface area (Å²) >= 11 is 0. The van der Waals surface area contributed by atoms with Crippen LogP contribution >= 0.6 is 0 Å². The number of unbranched alkanes of at least 4 members (excludes halogenated alkanes) is 1. The minimum atomic E-state index is -0.218. The van der Waals surface area contributed by atoms with Crippen LogP contribution in [0.25, 0.3) is 0 Å². The highest BCUT2D eigenvalue weighted by molar-refractivity contribution is 6.00. The van der Waals surface area contributed by atoms with Gasteiger partial charge in [-0.25, -0.2) is 0 Å². The Balaban J connectivity index is 3.39. The minimum absolute atomic E-state index is 0.0212. The van der Waals surface area contributed by atoms with E-state index in [1.165, 1.54) is 21.1 Å². The number of ketones is 1. The SMILES string of the molecule is CCCCc1c(OC)cc(OC)c(C(C)=O)c1O. The molecule has 0 saturated carbocycles. The van der Waals surface area contributed by atoms with Gasteiger partial charge in [0.05, 0.1) is 14.2 Å². The quantitative estimate of drug-likeness (QED) is 0.791. The lowest BCUT2D eigenvalue weighted by Crippen LogP contribution is -2.03. The summed E-state index contributed by atoms with van der Waals surface area (Å²) in [6.07, 6.45) is 2.60. The van der Waals surface area contributed by atoms with Crippen molar-refractivity contribution in [2.75, 3.05) is 14.2 Å². The molecule has 0 aromatic heterocycles. The van der Waals surface area contributed by atoms with Crippen molar-refractivity contribution in [2.45, 2.75) is 33.1 Å². The smallest absolute Gasteiger partial charge is 0.167 e. The number of rotatable bonds is 6. The first-order valence-corrected chi connectivity index (χ1v) is 6.04. The van der Waals surface area contributed by atoms with Gasteiger partial charge in [-0.2, -0.15) is 0 Å². The van der Waals surface area contributed by atoms with Crippen LogP contribution in [0.5, 0.6) is 17.2 Å². The van der Waals surface area contributed by atoms with Crippen molar-refractivity contribution in [3.8, 4) is 17.2 Å². The first kappa shape index (κ1) is 14.4. The molecule has 1 N–H and O–H groups in total. The summed E-state index contributed by atoms with van der Waals surface area (Å²) in [4.78, 5) is 11.6. The average Bonchev–Trinajstić information content (AvgIpc) is 2.35. The molecular formula is C14H20O4. The summed E-state index contributed by atoms with van der Waals surface area (Å²) < 4.78 is 10.4. The zero-order chi connectivity index (χ0) is 13.7. The number of Topliss-reactive ketones (excluding diaryl/α,β-unsaturated/α-hetero) is 1. The van der Waals surface area contributed by atoms with E-state index < -0.39 is 0 Å². The van der Waals surface area contributed by atoms with Gasteiger partial charge in [-0.1, -0.05) is 13.3 Å². The van der Waals surface area contributed by atoms with Gasteiger partial charge in [0.25, 0.3) is 0 Å².